The number of aromatic nitrogens is 2. The zero-order chi connectivity index (χ0) is 20.4. The van der Waals surface area contributed by atoms with E-state index in [1.165, 1.54) is 18.2 Å². The zero-order valence-electron chi connectivity index (χ0n) is 15.4. The molecule has 0 unspecified atom stereocenters. The summed E-state index contributed by atoms with van der Waals surface area (Å²) in [5, 5.41) is 3.02. The van der Waals surface area contributed by atoms with Crippen molar-refractivity contribution in [2.24, 2.45) is 0 Å². The summed E-state index contributed by atoms with van der Waals surface area (Å²) in [4.78, 5) is 28.8. The Labute approximate surface area is 171 Å². The molecule has 1 fully saturated rings. The van der Waals surface area contributed by atoms with Gasteiger partial charge in [0.05, 0.1) is 15.9 Å². The van der Waals surface area contributed by atoms with Crippen molar-refractivity contribution in [3.63, 3.8) is 0 Å². The molecule has 152 valence electrons. The molecule has 0 aliphatic carbocycles. The number of nitrogens with one attached hydrogen (secondary N) is 4. The van der Waals surface area contributed by atoms with E-state index in [-0.39, 0.29) is 16.8 Å². The number of carbonyl (C=O) groups excluding carboxylic acids is 1. The lowest BCUT2D eigenvalue weighted by Crippen LogP contribution is -2.37. The van der Waals surface area contributed by atoms with Crippen molar-refractivity contribution >= 4 is 44.4 Å². The van der Waals surface area contributed by atoms with Crippen LogP contribution in [0.4, 0.5) is 5.69 Å². The van der Waals surface area contributed by atoms with Gasteiger partial charge in [0, 0.05) is 17.3 Å². The van der Waals surface area contributed by atoms with Gasteiger partial charge < -0.3 is 15.3 Å². The predicted octanol–water partition coefficient (Wildman–Crippen LogP) is 2.28. The van der Waals surface area contributed by atoms with Gasteiger partial charge in [-0.25, -0.2) is 13.2 Å². The summed E-state index contributed by atoms with van der Waals surface area (Å²) in [5.74, 6) is 1.94. The second kappa shape index (κ2) is 7.96. The lowest BCUT2D eigenvalue weighted by Gasteiger charge is -2.22. The number of rotatable bonds is 5. The van der Waals surface area contributed by atoms with Crippen LogP contribution in [0.3, 0.4) is 0 Å². The van der Waals surface area contributed by atoms with Crippen molar-refractivity contribution in [2.75, 3.05) is 16.2 Å². The van der Waals surface area contributed by atoms with Crippen LogP contribution >= 0.6 is 11.8 Å². The fourth-order valence-electron chi connectivity index (χ4n) is 3.19. The molecule has 0 spiro atoms. The normalized spacial score (nSPS) is 15.3. The monoisotopic (exact) mass is 432 g/mol. The Balaban J connectivity index is 1.46. The molecular weight excluding hydrogens is 412 g/mol. The summed E-state index contributed by atoms with van der Waals surface area (Å²) in [7, 11) is -3.84. The smallest absolute Gasteiger partial charge is 0.323 e. The predicted molar refractivity (Wildman–Crippen MR) is 114 cm³/mol. The average molecular weight is 433 g/mol. The molecule has 1 amide bonds. The van der Waals surface area contributed by atoms with Crippen LogP contribution in [-0.2, 0) is 10.0 Å². The number of carbonyl (C=O) groups is 1. The van der Waals surface area contributed by atoms with E-state index in [2.05, 4.69) is 20.0 Å². The molecule has 2 heterocycles. The Kier molecular flexibility index (Phi) is 5.37. The highest BCUT2D eigenvalue weighted by molar-refractivity contribution is 7.99. The van der Waals surface area contributed by atoms with E-state index in [0.717, 1.165) is 24.3 Å². The number of H-pyrrole nitrogens is 2. The Morgan fingerprint density at radius 3 is 2.41 bits per heavy atom. The Morgan fingerprint density at radius 1 is 1.00 bits per heavy atom. The summed E-state index contributed by atoms with van der Waals surface area (Å²) in [6.07, 6.45) is 1.93. The molecule has 3 aromatic rings. The van der Waals surface area contributed by atoms with Crippen LogP contribution in [0, 0.1) is 0 Å². The first-order valence-corrected chi connectivity index (χ1v) is 11.8. The van der Waals surface area contributed by atoms with Crippen molar-refractivity contribution < 1.29 is 13.2 Å². The molecule has 1 saturated heterocycles. The molecule has 29 heavy (non-hydrogen) atoms. The molecule has 8 nitrogen and oxygen atoms in total. The van der Waals surface area contributed by atoms with E-state index < -0.39 is 15.7 Å². The van der Waals surface area contributed by atoms with Crippen LogP contribution < -0.4 is 15.7 Å². The fraction of sp³-hybridized carbons (Fsp3) is 0.263. The number of aromatic amines is 2. The van der Waals surface area contributed by atoms with Gasteiger partial charge in [-0.3, -0.25) is 9.52 Å². The number of benzene rings is 2. The fourth-order valence-corrected chi connectivity index (χ4v) is 5.38. The molecule has 1 aromatic heterocycles. The molecule has 2 aromatic carbocycles. The molecular formula is C19H20N4O4S2. The summed E-state index contributed by atoms with van der Waals surface area (Å²) in [5.41, 5.74) is 1.37. The number of sulfonamides is 1. The van der Waals surface area contributed by atoms with Crippen molar-refractivity contribution in [1.82, 2.24) is 15.3 Å². The second-order valence-electron chi connectivity index (χ2n) is 6.83. The third kappa shape index (κ3) is 4.48. The molecule has 4 rings (SSSR count). The van der Waals surface area contributed by atoms with Gasteiger partial charge in [0.2, 0.25) is 0 Å². The lowest BCUT2D eigenvalue weighted by atomic mass is 10.1. The SMILES string of the molecule is O=C(NC1CCSCC1)c1ccc(NS(=O)(=O)c2ccc3[nH]c(=O)[nH]c3c2)cc1. The molecule has 0 saturated carbocycles. The van der Waals surface area contributed by atoms with Crippen LogP contribution in [0.5, 0.6) is 0 Å². The Hall–Kier alpha value is -2.72. The van der Waals surface area contributed by atoms with Crippen molar-refractivity contribution in [1.29, 1.82) is 0 Å². The van der Waals surface area contributed by atoms with E-state index in [0.29, 0.717) is 22.3 Å². The molecule has 10 heteroatoms. The van der Waals surface area contributed by atoms with E-state index in [1.54, 1.807) is 24.3 Å². The molecule has 1 aliphatic rings. The first-order valence-electron chi connectivity index (χ1n) is 9.14. The number of hydrogen-bond donors (Lipinski definition) is 4. The number of thioether (sulfide) groups is 1. The van der Waals surface area contributed by atoms with Gasteiger partial charge in [-0.1, -0.05) is 0 Å². The molecule has 0 bridgehead atoms. The second-order valence-corrected chi connectivity index (χ2v) is 9.74. The van der Waals surface area contributed by atoms with Gasteiger partial charge >= 0.3 is 5.69 Å². The molecule has 0 atom stereocenters. The number of hydrogen-bond acceptors (Lipinski definition) is 5. The van der Waals surface area contributed by atoms with Crippen LogP contribution in [-0.4, -0.2) is 41.8 Å². The number of anilines is 1. The van der Waals surface area contributed by atoms with Crippen LogP contribution in [0.15, 0.2) is 52.2 Å². The highest BCUT2D eigenvalue weighted by Crippen LogP contribution is 2.20. The summed E-state index contributed by atoms with van der Waals surface area (Å²) < 4.78 is 27.8. The van der Waals surface area contributed by atoms with Gasteiger partial charge in [-0.2, -0.15) is 11.8 Å². The number of amides is 1. The van der Waals surface area contributed by atoms with Gasteiger partial charge in [-0.05, 0) is 66.8 Å². The molecule has 1 aliphatic heterocycles. The Bertz CT molecular complexity index is 1190. The maximum atomic E-state index is 12.6. The first kappa shape index (κ1) is 19.6. The topological polar surface area (TPSA) is 124 Å². The quantitative estimate of drug-likeness (QED) is 0.492. The minimum absolute atomic E-state index is 0.0252. The maximum Gasteiger partial charge on any atom is 0.323 e. The third-order valence-corrected chi connectivity index (χ3v) is 7.18. The highest BCUT2D eigenvalue weighted by Gasteiger charge is 2.18. The number of imidazole rings is 1. The lowest BCUT2D eigenvalue weighted by molar-refractivity contribution is 0.0935. The van der Waals surface area contributed by atoms with Crippen LogP contribution in [0.2, 0.25) is 0 Å². The van der Waals surface area contributed by atoms with E-state index in [4.69, 9.17) is 0 Å². The zero-order valence-corrected chi connectivity index (χ0v) is 17.0. The van der Waals surface area contributed by atoms with Gasteiger partial charge in [0.25, 0.3) is 15.9 Å². The van der Waals surface area contributed by atoms with Crippen LogP contribution in [0.25, 0.3) is 11.0 Å². The standard InChI is InChI=1S/C19H20N4O4S2/c24-18(20-13-7-9-28-10-8-13)12-1-3-14(4-2-12)23-29(26,27)15-5-6-16-17(11-15)22-19(25)21-16/h1-6,11,13,23H,7-10H2,(H,20,24)(H2,21,22,25). The van der Waals surface area contributed by atoms with Crippen molar-refractivity contribution in [3.8, 4) is 0 Å². The van der Waals surface area contributed by atoms with Gasteiger partial charge in [0.1, 0.15) is 0 Å². The van der Waals surface area contributed by atoms with Crippen molar-refractivity contribution in [2.45, 2.75) is 23.8 Å². The summed E-state index contributed by atoms with van der Waals surface area (Å²) >= 11 is 1.89. The molecule has 0 radical (unpaired) electrons. The Morgan fingerprint density at radius 2 is 1.69 bits per heavy atom. The van der Waals surface area contributed by atoms with E-state index in [1.807, 2.05) is 11.8 Å². The minimum atomic E-state index is -3.84. The van der Waals surface area contributed by atoms with Gasteiger partial charge in [-0.15, -0.1) is 0 Å². The van der Waals surface area contributed by atoms with E-state index in [9.17, 15) is 18.0 Å². The van der Waals surface area contributed by atoms with Crippen LogP contribution in [0.1, 0.15) is 23.2 Å². The largest absolute Gasteiger partial charge is 0.349 e. The van der Waals surface area contributed by atoms with Gasteiger partial charge in [0.15, 0.2) is 0 Å². The summed E-state index contributed by atoms with van der Waals surface area (Å²) in [6.45, 7) is 0. The summed E-state index contributed by atoms with van der Waals surface area (Å²) in [6, 6.07) is 10.8. The highest BCUT2D eigenvalue weighted by atomic mass is 32.2. The number of fused-ring (bicyclic) bond motifs is 1. The van der Waals surface area contributed by atoms with Crippen molar-refractivity contribution in [3.05, 3.63) is 58.5 Å². The molecule has 4 N–H and O–H groups in total. The minimum Gasteiger partial charge on any atom is -0.349 e. The average Bonchev–Trinajstić information content (AvgIpc) is 3.08. The third-order valence-electron chi connectivity index (χ3n) is 4.75. The maximum absolute atomic E-state index is 12.6. The van der Waals surface area contributed by atoms with E-state index >= 15 is 0 Å². The first-order chi connectivity index (χ1) is 13.9.